The van der Waals surface area contributed by atoms with Crippen LogP contribution in [0.15, 0.2) is 11.6 Å². The summed E-state index contributed by atoms with van der Waals surface area (Å²) in [7, 11) is 0. The quantitative estimate of drug-likeness (QED) is 0.871. The average molecular weight is 290 g/mol. The minimum Gasteiger partial charge on any atom is -0.337 e. The highest BCUT2D eigenvalue weighted by Crippen LogP contribution is 2.30. The molecule has 3 heterocycles. The lowest BCUT2D eigenvalue weighted by atomic mass is 9.99. The molecule has 6 heteroatoms. The Balaban J connectivity index is 1.74. The van der Waals surface area contributed by atoms with Crippen LogP contribution in [0.4, 0.5) is 0 Å². The molecule has 5 nitrogen and oxygen atoms in total. The molecule has 106 valence electrons. The van der Waals surface area contributed by atoms with Crippen LogP contribution in [0.2, 0.25) is 0 Å². The predicted octanol–water partition coefficient (Wildman–Crippen LogP) is 2.22. The van der Waals surface area contributed by atoms with Crippen LogP contribution in [0.1, 0.15) is 39.6 Å². The molecule has 0 saturated carbocycles. The molecule has 0 bridgehead atoms. The first-order valence-electron chi connectivity index (χ1n) is 6.84. The molecule has 2 aromatic rings. The summed E-state index contributed by atoms with van der Waals surface area (Å²) in [6.45, 7) is 8.24. The van der Waals surface area contributed by atoms with Gasteiger partial charge in [0.25, 0.3) is 5.91 Å². The van der Waals surface area contributed by atoms with Crippen LogP contribution in [0, 0.1) is 13.8 Å². The van der Waals surface area contributed by atoms with Crippen molar-refractivity contribution in [3.05, 3.63) is 33.5 Å². The van der Waals surface area contributed by atoms with Crippen molar-refractivity contribution in [1.82, 2.24) is 19.7 Å². The molecule has 0 aliphatic carbocycles. The zero-order chi connectivity index (χ0) is 14.3. The Morgan fingerprint density at radius 3 is 2.75 bits per heavy atom. The maximum atomic E-state index is 12.6. The predicted molar refractivity (Wildman–Crippen MR) is 78.1 cm³/mol. The fourth-order valence-corrected chi connectivity index (χ4v) is 3.43. The summed E-state index contributed by atoms with van der Waals surface area (Å²) in [5, 5.41) is 7.54. The molecule has 1 aliphatic heterocycles. The number of nitrogens with zero attached hydrogens (tertiary/aromatic N) is 4. The van der Waals surface area contributed by atoms with Crippen molar-refractivity contribution in [2.45, 2.75) is 33.2 Å². The average Bonchev–Trinajstić information content (AvgIpc) is 2.96. The number of amides is 1. The molecule has 3 rings (SSSR count). The molecule has 1 saturated heterocycles. The van der Waals surface area contributed by atoms with Crippen LogP contribution >= 0.6 is 11.3 Å². The van der Waals surface area contributed by atoms with Crippen molar-refractivity contribution in [2.24, 2.45) is 0 Å². The van der Waals surface area contributed by atoms with E-state index in [0.29, 0.717) is 5.92 Å². The molecule has 1 amide bonds. The molecule has 0 spiro atoms. The first kappa shape index (κ1) is 13.3. The number of rotatable bonds is 3. The van der Waals surface area contributed by atoms with Gasteiger partial charge in [0.2, 0.25) is 0 Å². The van der Waals surface area contributed by atoms with Gasteiger partial charge in [-0.25, -0.2) is 4.98 Å². The van der Waals surface area contributed by atoms with Crippen LogP contribution in [0.3, 0.4) is 0 Å². The Morgan fingerprint density at radius 2 is 2.20 bits per heavy atom. The van der Waals surface area contributed by atoms with Gasteiger partial charge in [-0.3, -0.25) is 9.48 Å². The molecule has 1 aliphatic rings. The van der Waals surface area contributed by atoms with Crippen molar-refractivity contribution in [2.75, 3.05) is 13.1 Å². The van der Waals surface area contributed by atoms with Gasteiger partial charge in [-0.2, -0.15) is 5.10 Å². The van der Waals surface area contributed by atoms with E-state index in [1.807, 2.05) is 41.9 Å². The maximum Gasteiger partial charge on any atom is 0.257 e. The zero-order valence-electron chi connectivity index (χ0n) is 12.0. The maximum absolute atomic E-state index is 12.6. The fraction of sp³-hybridized carbons (Fsp3) is 0.500. The van der Waals surface area contributed by atoms with E-state index in [2.05, 4.69) is 10.1 Å². The summed E-state index contributed by atoms with van der Waals surface area (Å²) in [5.41, 5.74) is 2.56. The Hall–Kier alpha value is -1.69. The topological polar surface area (TPSA) is 51.0 Å². The normalized spacial score (nSPS) is 15.4. The summed E-state index contributed by atoms with van der Waals surface area (Å²) in [6, 6.07) is 0. The monoisotopic (exact) mass is 290 g/mol. The Kier molecular flexibility index (Phi) is 3.33. The highest BCUT2D eigenvalue weighted by atomic mass is 32.1. The van der Waals surface area contributed by atoms with E-state index in [1.54, 1.807) is 11.3 Å². The molecule has 0 aromatic carbocycles. The standard InChI is InChI=1S/C14H18N4OS/c1-4-18-10(3)12(9(2)16-18)14(19)17-7-11(8-17)13-15-5-6-20-13/h5-6,11H,4,7-8H2,1-3H3. The van der Waals surface area contributed by atoms with Gasteiger partial charge in [0, 0.05) is 42.8 Å². The number of thiazole rings is 1. The van der Waals surface area contributed by atoms with Crippen molar-refractivity contribution >= 4 is 17.2 Å². The van der Waals surface area contributed by atoms with Gasteiger partial charge in [0.05, 0.1) is 16.3 Å². The Labute approximate surface area is 122 Å². The number of aromatic nitrogens is 3. The van der Waals surface area contributed by atoms with Gasteiger partial charge in [0.15, 0.2) is 0 Å². The van der Waals surface area contributed by atoms with Gasteiger partial charge in [-0.1, -0.05) is 0 Å². The summed E-state index contributed by atoms with van der Waals surface area (Å²) >= 11 is 1.66. The highest BCUT2D eigenvalue weighted by Gasteiger charge is 2.35. The minimum absolute atomic E-state index is 0.104. The van der Waals surface area contributed by atoms with E-state index >= 15 is 0 Å². The third-order valence-electron chi connectivity index (χ3n) is 3.86. The molecule has 2 aromatic heterocycles. The van der Waals surface area contributed by atoms with E-state index in [9.17, 15) is 4.79 Å². The van der Waals surface area contributed by atoms with Gasteiger partial charge in [-0.15, -0.1) is 11.3 Å². The first-order valence-corrected chi connectivity index (χ1v) is 7.72. The largest absolute Gasteiger partial charge is 0.337 e. The van der Waals surface area contributed by atoms with Crippen molar-refractivity contribution in [3.8, 4) is 0 Å². The molecule has 0 N–H and O–H groups in total. The highest BCUT2D eigenvalue weighted by molar-refractivity contribution is 7.09. The van der Waals surface area contributed by atoms with E-state index < -0.39 is 0 Å². The van der Waals surface area contributed by atoms with Crippen LogP contribution in [-0.4, -0.2) is 38.7 Å². The lowest BCUT2D eigenvalue weighted by Crippen LogP contribution is -2.48. The molecule has 0 atom stereocenters. The van der Waals surface area contributed by atoms with E-state index in [0.717, 1.165) is 41.6 Å². The summed E-state index contributed by atoms with van der Waals surface area (Å²) < 4.78 is 1.89. The summed E-state index contributed by atoms with van der Waals surface area (Å²) in [6.07, 6.45) is 1.82. The summed E-state index contributed by atoms with van der Waals surface area (Å²) in [5.74, 6) is 0.508. The van der Waals surface area contributed by atoms with Crippen LogP contribution in [0.25, 0.3) is 0 Å². The van der Waals surface area contributed by atoms with E-state index in [-0.39, 0.29) is 5.91 Å². The number of likely N-dealkylation sites (tertiary alicyclic amines) is 1. The number of carbonyl (C=O) groups is 1. The zero-order valence-corrected chi connectivity index (χ0v) is 12.8. The van der Waals surface area contributed by atoms with Gasteiger partial charge >= 0.3 is 0 Å². The third-order valence-corrected chi connectivity index (χ3v) is 4.80. The Bertz CT molecular complexity index is 626. The molecule has 20 heavy (non-hydrogen) atoms. The second-order valence-electron chi connectivity index (χ2n) is 5.14. The van der Waals surface area contributed by atoms with Crippen molar-refractivity contribution < 1.29 is 4.79 Å². The molecular weight excluding hydrogens is 272 g/mol. The smallest absolute Gasteiger partial charge is 0.257 e. The van der Waals surface area contributed by atoms with Crippen molar-refractivity contribution in [3.63, 3.8) is 0 Å². The second kappa shape index (κ2) is 5.01. The van der Waals surface area contributed by atoms with Crippen LogP contribution < -0.4 is 0 Å². The lowest BCUT2D eigenvalue weighted by molar-refractivity contribution is 0.0600. The molecule has 1 fully saturated rings. The van der Waals surface area contributed by atoms with Gasteiger partial charge in [-0.05, 0) is 20.8 Å². The number of hydrogen-bond donors (Lipinski definition) is 0. The fourth-order valence-electron chi connectivity index (χ4n) is 2.71. The second-order valence-corrected chi connectivity index (χ2v) is 6.07. The number of hydrogen-bond acceptors (Lipinski definition) is 4. The molecule has 0 unspecified atom stereocenters. The Morgan fingerprint density at radius 1 is 1.45 bits per heavy atom. The van der Waals surface area contributed by atoms with E-state index in [1.165, 1.54) is 0 Å². The third kappa shape index (κ3) is 2.04. The lowest BCUT2D eigenvalue weighted by Gasteiger charge is -2.38. The molecule has 0 radical (unpaired) electrons. The number of aryl methyl sites for hydroxylation is 2. The minimum atomic E-state index is 0.104. The molecular formula is C14H18N4OS. The van der Waals surface area contributed by atoms with Crippen molar-refractivity contribution in [1.29, 1.82) is 0 Å². The van der Waals surface area contributed by atoms with Crippen LogP contribution in [-0.2, 0) is 6.54 Å². The summed E-state index contributed by atoms with van der Waals surface area (Å²) in [4.78, 5) is 18.8. The number of carbonyl (C=O) groups excluding carboxylic acids is 1. The van der Waals surface area contributed by atoms with Gasteiger partial charge < -0.3 is 4.90 Å². The SMILES string of the molecule is CCn1nc(C)c(C(=O)N2CC(c3nccs3)C2)c1C. The van der Waals surface area contributed by atoms with Crippen LogP contribution in [0.5, 0.6) is 0 Å². The van der Waals surface area contributed by atoms with E-state index in [4.69, 9.17) is 0 Å². The first-order chi connectivity index (χ1) is 9.61. The van der Waals surface area contributed by atoms with Gasteiger partial charge in [0.1, 0.15) is 0 Å².